The van der Waals surface area contributed by atoms with Gasteiger partial charge in [0.25, 0.3) is 5.78 Å². The molecule has 0 atom stereocenters. The fourth-order valence-corrected chi connectivity index (χ4v) is 3.46. The van der Waals surface area contributed by atoms with Gasteiger partial charge in [-0.1, -0.05) is 11.8 Å². The molecule has 2 N–H and O–H groups in total. The molecule has 4 rings (SSSR count). The SMILES string of the molecule is Nc1nc(SCC(=O)N2CCCCC2)nc2nc(-c3ccco3)nn12. The molecule has 0 saturated carbocycles. The summed E-state index contributed by atoms with van der Waals surface area (Å²) in [6, 6.07) is 3.51. The first-order chi connectivity index (χ1) is 12.2. The largest absolute Gasteiger partial charge is 0.461 e. The van der Waals surface area contributed by atoms with E-state index in [2.05, 4.69) is 20.1 Å². The fourth-order valence-electron chi connectivity index (χ4n) is 2.72. The lowest BCUT2D eigenvalue weighted by Crippen LogP contribution is -2.36. The van der Waals surface area contributed by atoms with Gasteiger partial charge in [0.05, 0.1) is 12.0 Å². The van der Waals surface area contributed by atoms with Gasteiger partial charge in [-0.2, -0.15) is 19.5 Å². The van der Waals surface area contributed by atoms with Crippen molar-refractivity contribution in [3.63, 3.8) is 0 Å². The van der Waals surface area contributed by atoms with Crippen molar-refractivity contribution in [3.05, 3.63) is 18.4 Å². The van der Waals surface area contributed by atoms with Gasteiger partial charge in [-0.15, -0.1) is 5.10 Å². The minimum atomic E-state index is 0.101. The number of carbonyl (C=O) groups excluding carboxylic acids is 1. The van der Waals surface area contributed by atoms with Crippen LogP contribution in [0.25, 0.3) is 17.4 Å². The normalized spacial score (nSPS) is 15.0. The van der Waals surface area contributed by atoms with E-state index in [0.717, 1.165) is 25.9 Å². The number of fused-ring (bicyclic) bond motifs is 1. The summed E-state index contributed by atoms with van der Waals surface area (Å²) in [7, 11) is 0. The van der Waals surface area contributed by atoms with Crippen molar-refractivity contribution >= 4 is 29.4 Å². The van der Waals surface area contributed by atoms with Crippen molar-refractivity contribution in [2.24, 2.45) is 0 Å². The molecule has 0 unspecified atom stereocenters. The van der Waals surface area contributed by atoms with Crippen LogP contribution in [-0.2, 0) is 4.79 Å². The predicted molar refractivity (Wildman–Crippen MR) is 91.8 cm³/mol. The van der Waals surface area contributed by atoms with Gasteiger partial charge in [0.2, 0.25) is 17.7 Å². The number of hydrogen-bond donors (Lipinski definition) is 1. The smallest absolute Gasteiger partial charge is 0.258 e. The van der Waals surface area contributed by atoms with E-state index in [4.69, 9.17) is 10.2 Å². The Kier molecular flexibility index (Phi) is 4.26. The summed E-state index contributed by atoms with van der Waals surface area (Å²) < 4.78 is 6.64. The average Bonchev–Trinajstić information content (AvgIpc) is 3.30. The lowest BCUT2D eigenvalue weighted by molar-refractivity contribution is -0.129. The zero-order chi connectivity index (χ0) is 17.2. The number of likely N-dealkylation sites (tertiary alicyclic amines) is 1. The van der Waals surface area contributed by atoms with Crippen LogP contribution in [0.5, 0.6) is 0 Å². The Balaban J connectivity index is 1.51. The molecular formula is C15H17N7O2S. The number of thioether (sulfide) groups is 1. The Morgan fingerprint density at radius 1 is 1.24 bits per heavy atom. The van der Waals surface area contributed by atoms with Crippen LogP contribution < -0.4 is 5.73 Å². The number of nitrogens with zero attached hydrogens (tertiary/aromatic N) is 6. The number of nitrogens with two attached hydrogens (primary N) is 1. The van der Waals surface area contributed by atoms with Crippen LogP contribution in [0.15, 0.2) is 28.0 Å². The van der Waals surface area contributed by atoms with E-state index in [-0.39, 0.29) is 17.6 Å². The molecule has 0 aromatic carbocycles. The first-order valence-corrected chi connectivity index (χ1v) is 9.04. The number of nitrogen functional groups attached to an aromatic ring is 1. The second kappa shape index (κ2) is 6.71. The highest BCUT2D eigenvalue weighted by atomic mass is 32.2. The third kappa shape index (κ3) is 3.29. The van der Waals surface area contributed by atoms with Crippen LogP contribution in [0.1, 0.15) is 19.3 Å². The molecule has 130 valence electrons. The van der Waals surface area contributed by atoms with Gasteiger partial charge >= 0.3 is 0 Å². The number of aromatic nitrogens is 5. The van der Waals surface area contributed by atoms with Crippen molar-refractivity contribution in [2.75, 3.05) is 24.6 Å². The summed E-state index contributed by atoms with van der Waals surface area (Å²) in [4.78, 5) is 27.0. The van der Waals surface area contributed by atoms with Crippen LogP contribution >= 0.6 is 11.8 Å². The van der Waals surface area contributed by atoms with Crippen LogP contribution in [0.4, 0.5) is 5.95 Å². The van der Waals surface area contributed by atoms with Crippen LogP contribution in [0, 0.1) is 0 Å². The number of piperidine rings is 1. The van der Waals surface area contributed by atoms with Crippen molar-refractivity contribution in [2.45, 2.75) is 24.4 Å². The molecule has 0 spiro atoms. The Morgan fingerprint density at radius 2 is 2.08 bits per heavy atom. The highest BCUT2D eigenvalue weighted by molar-refractivity contribution is 7.99. The van der Waals surface area contributed by atoms with E-state index in [0.29, 0.717) is 22.5 Å². The molecule has 0 aliphatic carbocycles. The molecule has 1 fully saturated rings. The number of hydrogen-bond acceptors (Lipinski definition) is 8. The van der Waals surface area contributed by atoms with E-state index in [1.54, 1.807) is 18.4 Å². The monoisotopic (exact) mass is 359 g/mol. The summed E-state index contributed by atoms with van der Waals surface area (Å²) >= 11 is 1.26. The van der Waals surface area contributed by atoms with Gasteiger partial charge in [0.15, 0.2) is 10.9 Å². The van der Waals surface area contributed by atoms with E-state index in [9.17, 15) is 4.79 Å². The number of amides is 1. The lowest BCUT2D eigenvalue weighted by atomic mass is 10.1. The molecular weight excluding hydrogens is 342 g/mol. The molecule has 1 amide bonds. The standard InChI is InChI=1S/C15H17N7O2S/c16-13-18-15(25-9-11(23)21-6-2-1-3-7-21)19-14-17-12(20-22(13)14)10-5-4-8-24-10/h4-5,8H,1-3,6-7,9H2,(H2,16,17,18,19,20). The highest BCUT2D eigenvalue weighted by Crippen LogP contribution is 2.20. The zero-order valence-electron chi connectivity index (χ0n) is 13.5. The molecule has 1 aliphatic heterocycles. The quantitative estimate of drug-likeness (QED) is 0.696. The van der Waals surface area contributed by atoms with E-state index >= 15 is 0 Å². The third-order valence-electron chi connectivity index (χ3n) is 3.99. The van der Waals surface area contributed by atoms with Gasteiger partial charge < -0.3 is 15.1 Å². The number of furan rings is 1. The fraction of sp³-hybridized carbons (Fsp3) is 0.400. The second-order valence-corrected chi connectivity index (χ2v) is 6.66. The molecule has 3 aromatic rings. The van der Waals surface area contributed by atoms with Gasteiger partial charge in [0.1, 0.15) is 0 Å². The summed E-state index contributed by atoms with van der Waals surface area (Å²) in [6.07, 6.45) is 4.88. The number of anilines is 1. The summed E-state index contributed by atoms with van der Waals surface area (Å²) in [6.45, 7) is 1.66. The van der Waals surface area contributed by atoms with E-state index in [1.807, 2.05) is 4.90 Å². The molecule has 4 heterocycles. The molecule has 0 radical (unpaired) electrons. The molecule has 25 heavy (non-hydrogen) atoms. The minimum absolute atomic E-state index is 0.101. The van der Waals surface area contributed by atoms with Gasteiger partial charge in [-0.25, -0.2) is 0 Å². The molecule has 9 nitrogen and oxygen atoms in total. The van der Waals surface area contributed by atoms with Crippen molar-refractivity contribution in [3.8, 4) is 11.6 Å². The predicted octanol–water partition coefficient (Wildman–Crippen LogP) is 1.47. The molecule has 10 heteroatoms. The number of carbonyl (C=O) groups is 1. The Bertz CT molecular complexity index is 887. The molecule has 1 aliphatic rings. The maximum absolute atomic E-state index is 12.3. The van der Waals surface area contributed by atoms with Crippen molar-refractivity contribution in [1.29, 1.82) is 0 Å². The summed E-state index contributed by atoms with van der Waals surface area (Å²) in [5.41, 5.74) is 5.94. The maximum atomic E-state index is 12.3. The minimum Gasteiger partial charge on any atom is -0.461 e. The van der Waals surface area contributed by atoms with Crippen LogP contribution in [0.3, 0.4) is 0 Å². The summed E-state index contributed by atoms with van der Waals surface area (Å²) in [5, 5.41) is 4.65. The second-order valence-electron chi connectivity index (χ2n) is 5.72. The Morgan fingerprint density at radius 3 is 2.84 bits per heavy atom. The number of rotatable bonds is 4. The van der Waals surface area contributed by atoms with Crippen LogP contribution in [-0.4, -0.2) is 54.2 Å². The molecule has 0 bridgehead atoms. The zero-order valence-corrected chi connectivity index (χ0v) is 14.3. The Hall–Kier alpha value is -2.62. The first-order valence-electron chi connectivity index (χ1n) is 8.05. The highest BCUT2D eigenvalue weighted by Gasteiger charge is 2.18. The van der Waals surface area contributed by atoms with E-state index in [1.165, 1.54) is 22.7 Å². The van der Waals surface area contributed by atoms with Crippen molar-refractivity contribution < 1.29 is 9.21 Å². The topological polar surface area (TPSA) is 115 Å². The van der Waals surface area contributed by atoms with Crippen LogP contribution in [0.2, 0.25) is 0 Å². The van der Waals surface area contributed by atoms with Gasteiger partial charge in [-0.05, 0) is 31.4 Å². The van der Waals surface area contributed by atoms with Crippen molar-refractivity contribution in [1.82, 2.24) is 29.5 Å². The summed E-state index contributed by atoms with van der Waals surface area (Å²) in [5.74, 6) is 1.80. The first kappa shape index (κ1) is 15.9. The van der Waals surface area contributed by atoms with Gasteiger partial charge in [0, 0.05) is 13.1 Å². The third-order valence-corrected chi connectivity index (χ3v) is 4.82. The van der Waals surface area contributed by atoms with Gasteiger partial charge in [-0.3, -0.25) is 4.79 Å². The molecule has 3 aromatic heterocycles. The average molecular weight is 359 g/mol. The Labute approximate surface area is 147 Å². The maximum Gasteiger partial charge on any atom is 0.258 e. The lowest BCUT2D eigenvalue weighted by Gasteiger charge is -2.26. The van der Waals surface area contributed by atoms with E-state index < -0.39 is 0 Å². The molecule has 1 saturated heterocycles.